The number of methoxy groups -OCH3 is 2. The van der Waals surface area contributed by atoms with E-state index in [2.05, 4.69) is 36.4 Å². The Hall–Kier alpha value is -2.65. The minimum absolute atomic E-state index is 0.291. The third-order valence-electron chi connectivity index (χ3n) is 3.49. The molecular weight excluding hydrogens is 426 g/mol. The summed E-state index contributed by atoms with van der Waals surface area (Å²) < 4.78 is 12.6. The first-order chi connectivity index (χ1) is 12.5. The molecule has 3 aromatic rings. The predicted molar refractivity (Wildman–Crippen MR) is 99.4 cm³/mol. The van der Waals surface area contributed by atoms with Crippen molar-refractivity contribution in [2.24, 2.45) is 0 Å². The molecule has 0 atom stereocenters. The molecule has 3 rings (SSSR count). The molecule has 2 heterocycles. The summed E-state index contributed by atoms with van der Waals surface area (Å²) in [6.07, 6.45) is 4.50. The molecule has 0 aliphatic heterocycles. The highest BCUT2D eigenvalue weighted by atomic mass is 79.9. The minimum atomic E-state index is -0.390. The molecule has 1 amide bonds. The van der Waals surface area contributed by atoms with Crippen LogP contribution in [0.2, 0.25) is 5.02 Å². The molecular formula is C16H13BrClN5O3. The van der Waals surface area contributed by atoms with Gasteiger partial charge in [-0.1, -0.05) is 11.6 Å². The van der Waals surface area contributed by atoms with Gasteiger partial charge in [0.2, 0.25) is 0 Å². The summed E-state index contributed by atoms with van der Waals surface area (Å²) in [5.74, 6) is 1.01. The number of carbonyl (C=O) groups excluding carboxylic acids is 1. The summed E-state index contributed by atoms with van der Waals surface area (Å²) in [5.41, 5.74) is 0.701. The zero-order chi connectivity index (χ0) is 18.7. The highest BCUT2D eigenvalue weighted by Crippen LogP contribution is 2.37. The van der Waals surface area contributed by atoms with Gasteiger partial charge < -0.3 is 14.8 Å². The smallest absolute Gasteiger partial charge is 0.257 e. The number of anilines is 1. The van der Waals surface area contributed by atoms with Crippen LogP contribution >= 0.6 is 27.5 Å². The van der Waals surface area contributed by atoms with E-state index in [1.165, 1.54) is 33.1 Å². The van der Waals surface area contributed by atoms with E-state index in [0.29, 0.717) is 38.1 Å². The standard InChI is InChI=1S/C16H13BrClN5O3/c1-25-9-3-12(18)15(13(4-9)26-2)22-16(24)10-5-14(19-6-11(10)17)23-7-20-21-8-23/h3-8H,1-2H3,(H,22,24). The van der Waals surface area contributed by atoms with E-state index < -0.39 is 0 Å². The van der Waals surface area contributed by atoms with E-state index in [4.69, 9.17) is 21.1 Å². The van der Waals surface area contributed by atoms with E-state index in [1.54, 1.807) is 22.8 Å². The van der Waals surface area contributed by atoms with E-state index in [0.717, 1.165) is 0 Å². The molecule has 1 N–H and O–H groups in total. The normalized spacial score (nSPS) is 10.5. The quantitative estimate of drug-likeness (QED) is 0.657. The van der Waals surface area contributed by atoms with Crippen LogP contribution in [0.5, 0.6) is 11.5 Å². The summed E-state index contributed by atoms with van der Waals surface area (Å²) in [6.45, 7) is 0. The number of ether oxygens (including phenoxy) is 2. The molecule has 0 spiro atoms. The molecule has 0 unspecified atom stereocenters. The average Bonchev–Trinajstić information content (AvgIpc) is 3.18. The lowest BCUT2D eigenvalue weighted by Gasteiger charge is -2.14. The maximum absolute atomic E-state index is 12.8. The Morgan fingerprint density at radius 2 is 1.92 bits per heavy atom. The second-order valence-electron chi connectivity index (χ2n) is 5.03. The van der Waals surface area contributed by atoms with Crippen molar-refractivity contribution in [2.45, 2.75) is 0 Å². The summed E-state index contributed by atoms with van der Waals surface area (Å²) in [6, 6.07) is 4.82. The number of rotatable bonds is 5. The van der Waals surface area contributed by atoms with Crippen LogP contribution in [0.25, 0.3) is 5.82 Å². The molecule has 0 saturated carbocycles. The van der Waals surface area contributed by atoms with Crippen molar-refractivity contribution in [3.8, 4) is 17.3 Å². The molecule has 26 heavy (non-hydrogen) atoms. The van der Waals surface area contributed by atoms with Gasteiger partial charge in [0.25, 0.3) is 5.91 Å². The number of pyridine rings is 1. The van der Waals surface area contributed by atoms with Gasteiger partial charge in [0, 0.05) is 22.8 Å². The zero-order valence-electron chi connectivity index (χ0n) is 13.7. The maximum Gasteiger partial charge on any atom is 0.257 e. The largest absolute Gasteiger partial charge is 0.497 e. The van der Waals surface area contributed by atoms with Crippen molar-refractivity contribution in [3.63, 3.8) is 0 Å². The van der Waals surface area contributed by atoms with Crippen LogP contribution in [-0.4, -0.2) is 39.9 Å². The highest BCUT2D eigenvalue weighted by Gasteiger charge is 2.18. The van der Waals surface area contributed by atoms with Crippen molar-refractivity contribution >= 4 is 39.1 Å². The minimum Gasteiger partial charge on any atom is -0.497 e. The lowest BCUT2D eigenvalue weighted by atomic mass is 10.2. The molecule has 8 nitrogen and oxygen atoms in total. The Morgan fingerprint density at radius 1 is 1.19 bits per heavy atom. The first-order valence-corrected chi connectivity index (χ1v) is 8.44. The lowest BCUT2D eigenvalue weighted by molar-refractivity contribution is 0.102. The second kappa shape index (κ2) is 7.71. The van der Waals surface area contributed by atoms with Gasteiger partial charge in [-0.05, 0) is 22.0 Å². The number of aromatic nitrogens is 4. The number of hydrogen-bond acceptors (Lipinski definition) is 6. The average molecular weight is 439 g/mol. The van der Waals surface area contributed by atoms with Crippen LogP contribution in [-0.2, 0) is 0 Å². The van der Waals surface area contributed by atoms with Gasteiger partial charge in [-0.15, -0.1) is 10.2 Å². The Labute approximate surface area is 162 Å². The second-order valence-corrected chi connectivity index (χ2v) is 6.29. The molecule has 10 heteroatoms. The fourth-order valence-corrected chi connectivity index (χ4v) is 2.85. The maximum atomic E-state index is 12.8. The first kappa shape index (κ1) is 18.2. The molecule has 0 radical (unpaired) electrons. The predicted octanol–water partition coefficient (Wildman–Crippen LogP) is 3.35. The van der Waals surface area contributed by atoms with Crippen LogP contribution < -0.4 is 14.8 Å². The van der Waals surface area contributed by atoms with Crippen LogP contribution in [0.4, 0.5) is 5.69 Å². The summed E-state index contributed by atoms with van der Waals surface area (Å²) >= 11 is 9.59. The SMILES string of the molecule is COc1cc(Cl)c(NC(=O)c2cc(-n3cnnc3)ncc2Br)c(OC)c1. The van der Waals surface area contributed by atoms with Gasteiger partial charge in [0.05, 0.1) is 24.8 Å². The molecule has 0 aliphatic rings. The monoisotopic (exact) mass is 437 g/mol. The van der Waals surface area contributed by atoms with Gasteiger partial charge in [-0.3, -0.25) is 9.36 Å². The highest BCUT2D eigenvalue weighted by molar-refractivity contribution is 9.10. The van der Waals surface area contributed by atoms with Crippen LogP contribution in [0.1, 0.15) is 10.4 Å². The Morgan fingerprint density at radius 3 is 2.58 bits per heavy atom. The number of benzene rings is 1. The van der Waals surface area contributed by atoms with Crippen molar-refractivity contribution < 1.29 is 14.3 Å². The summed E-state index contributed by atoms with van der Waals surface area (Å²) in [4.78, 5) is 17.0. The third-order valence-corrected chi connectivity index (χ3v) is 4.42. The Kier molecular flexibility index (Phi) is 5.38. The van der Waals surface area contributed by atoms with E-state index in [9.17, 15) is 4.79 Å². The number of nitrogens with zero attached hydrogens (tertiary/aromatic N) is 4. The first-order valence-electron chi connectivity index (χ1n) is 7.27. The molecule has 0 bridgehead atoms. The number of hydrogen-bond donors (Lipinski definition) is 1. The number of halogens is 2. The molecule has 2 aromatic heterocycles. The van der Waals surface area contributed by atoms with Crippen molar-refractivity contribution in [3.05, 3.63) is 52.1 Å². The topological polar surface area (TPSA) is 91.2 Å². The number of nitrogens with one attached hydrogen (secondary N) is 1. The molecule has 0 fully saturated rings. The molecule has 134 valence electrons. The van der Waals surface area contributed by atoms with Gasteiger partial charge in [0.15, 0.2) is 0 Å². The van der Waals surface area contributed by atoms with Crippen LogP contribution in [0.15, 0.2) is 41.5 Å². The van der Waals surface area contributed by atoms with Crippen LogP contribution in [0, 0.1) is 0 Å². The van der Waals surface area contributed by atoms with E-state index in [-0.39, 0.29) is 5.91 Å². The molecule has 0 saturated heterocycles. The lowest BCUT2D eigenvalue weighted by Crippen LogP contribution is -2.15. The Balaban J connectivity index is 1.95. The summed E-state index contributed by atoms with van der Waals surface area (Å²) in [7, 11) is 3.00. The van der Waals surface area contributed by atoms with Crippen molar-refractivity contribution in [1.82, 2.24) is 19.7 Å². The molecule has 0 aliphatic carbocycles. The van der Waals surface area contributed by atoms with Crippen molar-refractivity contribution in [1.29, 1.82) is 0 Å². The van der Waals surface area contributed by atoms with Crippen molar-refractivity contribution in [2.75, 3.05) is 19.5 Å². The number of amides is 1. The fourth-order valence-electron chi connectivity index (χ4n) is 2.20. The third kappa shape index (κ3) is 3.63. The number of carbonyl (C=O) groups is 1. The molecule has 1 aromatic carbocycles. The Bertz CT molecular complexity index is 949. The van der Waals surface area contributed by atoms with Gasteiger partial charge in [0.1, 0.15) is 35.7 Å². The van der Waals surface area contributed by atoms with E-state index >= 15 is 0 Å². The van der Waals surface area contributed by atoms with Gasteiger partial charge in [-0.2, -0.15) is 0 Å². The van der Waals surface area contributed by atoms with Crippen LogP contribution in [0.3, 0.4) is 0 Å². The van der Waals surface area contributed by atoms with E-state index in [1.807, 2.05) is 0 Å². The zero-order valence-corrected chi connectivity index (χ0v) is 16.1. The fraction of sp³-hybridized carbons (Fsp3) is 0.125. The van der Waals surface area contributed by atoms with Gasteiger partial charge >= 0.3 is 0 Å². The summed E-state index contributed by atoms with van der Waals surface area (Å²) in [5, 5.41) is 10.5. The van der Waals surface area contributed by atoms with Gasteiger partial charge in [-0.25, -0.2) is 4.98 Å².